The monoisotopic (exact) mass is 1540 g/mol. The number of hydrazine groups is 2. The van der Waals surface area contributed by atoms with Gasteiger partial charge in [0.15, 0.2) is 6.10 Å². The molecule has 0 spiro atoms. The van der Waals surface area contributed by atoms with Crippen LogP contribution in [0, 0.1) is 29.6 Å². The van der Waals surface area contributed by atoms with Gasteiger partial charge in [0.05, 0.1) is 42.1 Å². The van der Waals surface area contributed by atoms with Crippen molar-refractivity contribution in [3.63, 3.8) is 0 Å². The van der Waals surface area contributed by atoms with Crippen molar-refractivity contribution in [3.8, 4) is 0 Å². The summed E-state index contributed by atoms with van der Waals surface area (Å²) in [5, 5.41) is 16.5. The van der Waals surface area contributed by atoms with Crippen LogP contribution in [0.2, 0.25) is 0 Å². The summed E-state index contributed by atoms with van der Waals surface area (Å²) in [6.07, 6.45) is 7.51. The summed E-state index contributed by atoms with van der Waals surface area (Å²) in [5.41, 5.74) is 9.94. The van der Waals surface area contributed by atoms with Gasteiger partial charge in [0.25, 0.3) is 5.91 Å². The van der Waals surface area contributed by atoms with Crippen LogP contribution < -0.4 is 16.2 Å². The maximum Gasteiger partial charge on any atom is 0.333 e. The predicted molar refractivity (Wildman–Crippen MR) is 393 cm³/mol. The Morgan fingerprint density at radius 3 is 1.38 bits per heavy atom. The molecule has 0 saturated carbocycles. The van der Waals surface area contributed by atoms with E-state index >= 15 is 0 Å². The van der Waals surface area contributed by atoms with Crippen LogP contribution in [0.5, 0.6) is 0 Å². The van der Waals surface area contributed by atoms with E-state index in [1.807, 2.05) is 127 Å². The van der Waals surface area contributed by atoms with Crippen LogP contribution in [0.15, 0.2) is 72.8 Å². The van der Waals surface area contributed by atoms with E-state index in [4.69, 9.17) is 103 Å². The number of carboxylic acid groups (broad SMARTS) is 1. The fourth-order valence-corrected chi connectivity index (χ4v) is 10.5. The molecule has 0 radical (unpaired) electrons. The largest absolute Gasteiger partial charge is 0.479 e. The highest BCUT2D eigenvalue weighted by Gasteiger charge is 2.36. The van der Waals surface area contributed by atoms with Crippen LogP contribution >= 0.6 is 69.6 Å². The number of halogens is 6. The average molecular weight is 1550 g/mol. The maximum absolute atomic E-state index is 13.2. The Hall–Kier alpha value is -6.45. The number of esters is 5. The molecule has 2 unspecified atom stereocenters. The van der Waals surface area contributed by atoms with E-state index in [-0.39, 0.29) is 61.2 Å². The van der Waals surface area contributed by atoms with Gasteiger partial charge in [0.2, 0.25) is 19.4 Å². The lowest BCUT2D eigenvalue weighted by Gasteiger charge is -2.34. The fraction of sp³-hybridized carbons (Fsp3) is 0.569. The summed E-state index contributed by atoms with van der Waals surface area (Å²) >= 11 is 33.6. The number of benzene rings is 2. The number of fused-ring (bicyclic) bond motifs is 2. The standard InChI is InChI=1S/C33H43Cl3N4O7.C23H29NO5.C16H25Cl3N2O5/c1-19(2)29(30(42)37-21(4)31(43)40-15-7-8-27(39-40)32(44)46-18-33(34,35)36)45-17-20(3)9-10-24-11-12-25-13-14-26(38-28(25)16-24)22(5)47-23(6)41;1-14(2)22(23(26)27)28-13-15(3)6-7-18-8-9-19-10-11-20(24-21(19)12-18)16(4)29-17(5)25;1-10(8-12(22)26-15(2,3)4)13(23)21-7-5-6-11(20-21)14(24)25-9-16(17,18)19/h9-14,16,19-22,27,29,39H,7-8,15,17-18H2,1-6H3,(H,37,42);6-12,14-16,22H,13H2,1-5H3,(H,26,27);10-11,20H,5-9H2,1-4H3/b10-9+;7-6+;/t20?,21-,22+,27-,29-;15?,16-,22+;10-,11+/m011/s1. The number of hydrogen-bond donors (Lipinski definition) is 4. The molecule has 2 aliphatic rings. The van der Waals surface area contributed by atoms with Gasteiger partial charge < -0.3 is 43.6 Å². The summed E-state index contributed by atoms with van der Waals surface area (Å²) < 4.78 is 33.8. The third kappa shape index (κ3) is 31.9. The molecule has 24 nitrogen and oxygen atoms in total. The second-order valence-corrected chi connectivity index (χ2v) is 31.9. The maximum atomic E-state index is 13.2. The van der Waals surface area contributed by atoms with E-state index in [0.29, 0.717) is 56.8 Å². The van der Waals surface area contributed by atoms with Crippen molar-refractivity contribution in [1.29, 1.82) is 0 Å². The van der Waals surface area contributed by atoms with Gasteiger partial charge in [0.1, 0.15) is 55.3 Å². The number of ether oxygens (including phenoxy) is 7. The van der Waals surface area contributed by atoms with Crippen LogP contribution in [0.1, 0.15) is 171 Å². The van der Waals surface area contributed by atoms with Crippen LogP contribution in [0.3, 0.4) is 0 Å². The molecule has 4 aromatic rings. The van der Waals surface area contributed by atoms with Crippen molar-refractivity contribution in [2.24, 2.45) is 29.6 Å². The average Bonchev–Trinajstić information content (AvgIpc) is 0.833. The number of nitrogens with one attached hydrogen (secondary N) is 3. The van der Waals surface area contributed by atoms with E-state index in [1.165, 1.54) is 23.9 Å². The smallest absolute Gasteiger partial charge is 0.333 e. The number of rotatable bonds is 27. The summed E-state index contributed by atoms with van der Waals surface area (Å²) in [6, 6.07) is 17.1. The number of carbonyl (C=O) groups is 9. The highest BCUT2D eigenvalue weighted by molar-refractivity contribution is 6.68. The lowest BCUT2D eigenvalue weighted by Crippen LogP contribution is -2.60. The predicted octanol–water partition coefficient (Wildman–Crippen LogP) is 12.9. The fourth-order valence-electron chi connectivity index (χ4n) is 10.2. The number of aromatic nitrogens is 2. The van der Waals surface area contributed by atoms with Crippen molar-refractivity contribution < 1.29 is 81.4 Å². The zero-order valence-corrected chi connectivity index (χ0v) is 64.9. The molecule has 102 heavy (non-hydrogen) atoms. The second kappa shape index (κ2) is 41.3. The summed E-state index contributed by atoms with van der Waals surface area (Å²) in [6.45, 7) is 26.8. The molecule has 2 aromatic carbocycles. The van der Waals surface area contributed by atoms with Gasteiger partial charge in [-0.1, -0.05) is 179 Å². The molecule has 0 bridgehead atoms. The van der Waals surface area contributed by atoms with E-state index in [0.717, 1.165) is 32.9 Å². The molecule has 10 atom stereocenters. The second-order valence-electron chi connectivity index (χ2n) is 26.9. The van der Waals surface area contributed by atoms with Crippen molar-refractivity contribution in [3.05, 3.63) is 95.3 Å². The Kier molecular flexibility index (Phi) is 35.6. The quantitative estimate of drug-likeness (QED) is 0.0245. The van der Waals surface area contributed by atoms with Gasteiger partial charge in [0, 0.05) is 43.6 Å². The van der Waals surface area contributed by atoms with E-state index in [2.05, 4.69) is 26.1 Å². The van der Waals surface area contributed by atoms with Crippen LogP contribution in [0.25, 0.3) is 34.0 Å². The molecule has 6 rings (SSSR count). The van der Waals surface area contributed by atoms with Crippen LogP contribution in [-0.4, -0.2) is 162 Å². The number of aliphatic carboxylic acids is 1. The van der Waals surface area contributed by atoms with Gasteiger partial charge in [-0.05, 0) is 126 Å². The van der Waals surface area contributed by atoms with E-state index < -0.39 is 104 Å². The lowest BCUT2D eigenvalue weighted by atomic mass is 10.0. The Morgan fingerprint density at radius 2 is 1.00 bits per heavy atom. The van der Waals surface area contributed by atoms with Gasteiger partial charge >= 0.3 is 35.8 Å². The van der Waals surface area contributed by atoms with Crippen molar-refractivity contribution in [1.82, 2.24) is 36.2 Å². The van der Waals surface area contributed by atoms with Crippen LogP contribution in [-0.2, 0) is 76.3 Å². The molecule has 564 valence electrons. The minimum Gasteiger partial charge on any atom is -0.479 e. The molecule has 2 saturated heterocycles. The summed E-state index contributed by atoms with van der Waals surface area (Å²) in [4.78, 5) is 118. The number of nitrogens with zero attached hydrogens (tertiary/aromatic N) is 4. The number of amides is 3. The Labute approximate surface area is 627 Å². The number of pyridine rings is 2. The number of carboxylic acids is 1. The summed E-state index contributed by atoms with van der Waals surface area (Å²) in [5.74, 6) is -5.24. The summed E-state index contributed by atoms with van der Waals surface area (Å²) in [7, 11) is 0. The first-order valence-corrected chi connectivity index (χ1v) is 35.9. The molecule has 2 aliphatic heterocycles. The SMILES string of the molecule is CC(=O)O[C@H](C)c1ccc2ccc(/C=C/C(C)CO[C@H](C(=O)N[C@@H](C)C(=O)N3CCC[C@@H](C(=O)OCC(Cl)(Cl)Cl)N3)C(C)C)cc2n1.CC(=O)O[C@H](C)c1ccc2ccc(/C=C/C(C)CO[C@H](C(=O)O)C(C)C)cc2n1.C[C@H](CC(=O)OC(C)(C)C)C(=O)N1CCC[C@@H](C(=O)OCC(Cl)(Cl)Cl)N1. The van der Waals surface area contributed by atoms with Crippen LogP contribution in [0.4, 0.5) is 0 Å². The zero-order chi connectivity index (χ0) is 76.6. The zero-order valence-electron chi connectivity index (χ0n) is 60.3. The first kappa shape index (κ1) is 88.0. The van der Waals surface area contributed by atoms with Crippen molar-refractivity contribution in [2.45, 2.75) is 192 Å². The topological polar surface area (TPSA) is 307 Å². The third-order valence-corrected chi connectivity index (χ3v) is 15.9. The number of alkyl halides is 6. The number of carbonyl (C=O) groups excluding carboxylic acids is 8. The first-order valence-electron chi connectivity index (χ1n) is 33.6. The molecule has 30 heteroatoms. The van der Waals surface area contributed by atoms with Gasteiger partial charge in [-0.3, -0.25) is 48.4 Å². The lowest BCUT2D eigenvalue weighted by molar-refractivity contribution is -0.160. The molecule has 4 N–H and O–H groups in total. The molecule has 3 amide bonds. The van der Waals surface area contributed by atoms with Gasteiger partial charge in [-0.15, -0.1) is 0 Å². The highest BCUT2D eigenvalue weighted by Crippen LogP contribution is 2.29. The van der Waals surface area contributed by atoms with Crippen molar-refractivity contribution >= 4 is 157 Å². The molecule has 2 aromatic heterocycles. The molecule has 2 fully saturated rings. The Bertz CT molecular complexity index is 3560. The van der Waals surface area contributed by atoms with E-state index in [9.17, 15) is 48.3 Å². The third-order valence-electron chi connectivity index (χ3n) is 15.3. The Balaban J connectivity index is 0.000000345. The number of hydrogen-bond acceptors (Lipinski definition) is 20. The van der Waals surface area contributed by atoms with Crippen molar-refractivity contribution in [2.75, 3.05) is 39.5 Å². The Morgan fingerprint density at radius 1 is 0.598 bits per heavy atom. The molecule has 4 heterocycles. The normalized spacial score (nSPS) is 17.6. The molecule has 0 aliphatic carbocycles. The van der Waals surface area contributed by atoms with E-state index in [1.54, 1.807) is 48.5 Å². The molecular formula is C72H97Cl6N7O17. The van der Waals surface area contributed by atoms with Gasteiger partial charge in [-0.2, -0.15) is 0 Å². The van der Waals surface area contributed by atoms with Gasteiger partial charge in [-0.25, -0.2) is 25.6 Å². The highest BCUT2D eigenvalue weighted by atomic mass is 35.6. The minimum atomic E-state index is -1.74. The first-order chi connectivity index (χ1) is 47.5. The minimum absolute atomic E-state index is 0.0297. The molecular weight excluding hydrogens is 1450 g/mol.